The first-order chi connectivity index (χ1) is 7.81. The van der Waals surface area contributed by atoms with E-state index < -0.39 is 0 Å². The molecule has 0 N–H and O–H groups in total. The number of unbranched alkanes of at least 4 members (excludes halogenated alkanes) is 1. The average molecular weight is 303 g/mol. The maximum absolute atomic E-state index is 10.9. The van der Waals surface area contributed by atoms with Crippen LogP contribution in [-0.4, -0.2) is 24.5 Å². The zero-order valence-electron chi connectivity index (χ0n) is 9.24. The number of halogens is 1. The molecule has 1 aromatic carbocycles. The number of thioether (sulfide) groups is 1. The Bertz CT molecular complexity index is 342. The zero-order valence-corrected chi connectivity index (χ0v) is 11.6. The van der Waals surface area contributed by atoms with Crippen molar-refractivity contribution < 1.29 is 9.53 Å². The Morgan fingerprint density at radius 1 is 1.44 bits per heavy atom. The normalized spacial score (nSPS) is 10.1. The molecule has 1 aromatic rings. The van der Waals surface area contributed by atoms with Crippen LogP contribution in [0.15, 0.2) is 23.1 Å². The van der Waals surface area contributed by atoms with Gasteiger partial charge in [-0.2, -0.15) is 0 Å². The van der Waals surface area contributed by atoms with E-state index in [0.29, 0.717) is 17.9 Å². The molecule has 88 valence electrons. The van der Waals surface area contributed by atoms with E-state index in [2.05, 4.69) is 15.9 Å². The number of alkyl halides is 1. The molecule has 0 bridgehead atoms. The lowest BCUT2D eigenvalue weighted by Gasteiger charge is -2.08. The molecule has 0 aliphatic rings. The van der Waals surface area contributed by atoms with Crippen LogP contribution in [0.5, 0.6) is 5.75 Å². The Hall–Kier alpha value is -0.480. The number of hydrogen-bond donors (Lipinski definition) is 0. The lowest BCUT2D eigenvalue weighted by Crippen LogP contribution is -2.00. The van der Waals surface area contributed by atoms with Crippen LogP contribution < -0.4 is 4.74 Å². The lowest BCUT2D eigenvalue weighted by molar-refractivity contribution is 0.111. The maximum atomic E-state index is 10.9. The SMILES string of the molecule is CSc1ccc(OCCCCBr)c(C=O)c1. The summed E-state index contributed by atoms with van der Waals surface area (Å²) in [5.41, 5.74) is 0.630. The lowest BCUT2D eigenvalue weighted by atomic mass is 10.2. The second kappa shape index (κ2) is 7.74. The monoisotopic (exact) mass is 302 g/mol. The quantitative estimate of drug-likeness (QED) is 0.332. The van der Waals surface area contributed by atoms with Crippen LogP contribution in [0.25, 0.3) is 0 Å². The van der Waals surface area contributed by atoms with E-state index in [1.807, 2.05) is 24.5 Å². The van der Waals surface area contributed by atoms with Gasteiger partial charge >= 0.3 is 0 Å². The number of benzene rings is 1. The highest BCUT2D eigenvalue weighted by Crippen LogP contribution is 2.23. The van der Waals surface area contributed by atoms with Crippen molar-refractivity contribution >= 4 is 34.0 Å². The van der Waals surface area contributed by atoms with Gasteiger partial charge in [0.15, 0.2) is 6.29 Å². The molecule has 0 saturated heterocycles. The predicted octanol–water partition coefficient (Wildman–Crippen LogP) is 3.77. The van der Waals surface area contributed by atoms with Gasteiger partial charge in [0.1, 0.15) is 5.75 Å². The van der Waals surface area contributed by atoms with Crippen molar-refractivity contribution in [2.24, 2.45) is 0 Å². The summed E-state index contributed by atoms with van der Waals surface area (Å²) in [6, 6.07) is 5.69. The molecule has 0 atom stereocenters. The third kappa shape index (κ3) is 4.18. The summed E-state index contributed by atoms with van der Waals surface area (Å²) in [4.78, 5) is 12.0. The largest absolute Gasteiger partial charge is 0.493 e. The highest BCUT2D eigenvalue weighted by atomic mass is 79.9. The van der Waals surface area contributed by atoms with E-state index in [4.69, 9.17) is 4.74 Å². The summed E-state index contributed by atoms with van der Waals surface area (Å²) in [7, 11) is 0. The number of carbonyl (C=O) groups is 1. The minimum absolute atomic E-state index is 0.630. The first-order valence-corrected chi connectivity index (χ1v) is 7.48. The van der Waals surface area contributed by atoms with E-state index in [9.17, 15) is 4.79 Å². The van der Waals surface area contributed by atoms with Crippen molar-refractivity contribution in [2.45, 2.75) is 17.7 Å². The molecule has 0 unspecified atom stereocenters. The molecule has 16 heavy (non-hydrogen) atoms. The van der Waals surface area contributed by atoms with Crippen LogP contribution in [0.4, 0.5) is 0 Å². The van der Waals surface area contributed by atoms with Crippen molar-refractivity contribution in [3.63, 3.8) is 0 Å². The van der Waals surface area contributed by atoms with Crippen LogP contribution >= 0.6 is 27.7 Å². The Kier molecular flexibility index (Phi) is 6.57. The van der Waals surface area contributed by atoms with E-state index in [-0.39, 0.29) is 0 Å². The molecule has 0 saturated carbocycles. The standard InChI is InChI=1S/C12H15BrO2S/c1-16-11-4-5-12(10(8-11)9-14)15-7-3-2-6-13/h4-5,8-9H,2-3,6-7H2,1H3. The first kappa shape index (κ1) is 13.6. The minimum Gasteiger partial charge on any atom is -0.493 e. The van der Waals surface area contributed by atoms with Crippen molar-refractivity contribution in [1.82, 2.24) is 0 Å². The van der Waals surface area contributed by atoms with Gasteiger partial charge < -0.3 is 4.74 Å². The molecule has 0 heterocycles. The van der Waals surface area contributed by atoms with Crippen LogP contribution in [0, 0.1) is 0 Å². The second-order valence-corrected chi connectivity index (χ2v) is 4.94. The van der Waals surface area contributed by atoms with Crippen LogP contribution in [0.1, 0.15) is 23.2 Å². The molecule has 0 spiro atoms. The number of rotatable bonds is 7. The molecule has 0 fully saturated rings. The van der Waals surface area contributed by atoms with Gasteiger partial charge in [-0.05, 0) is 37.3 Å². The van der Waals surface area contributed by atoms with Gasteiger partial charge in [-0.1, -0.05) is 15.9 Å². The Morgan fingerprint density at radius 3 is 2.88 bits per heavy atom. The molecule has 0 aromatic heterocycles. The number of carbonyl (C=O) groups excluding carboxylic acids is 1. The second-order valence-electron chi connectivity index (χ2n) is 3.27. The highest BCUT2D eigenvalue weighted by molar-refractivity contribution is 9.09. The molecular weight excluding hydrogens is 288 g/mol. The van der Waals surface area contributed by atoms with E-state index in [0.717, 1.165) is 29.4 Å². The summed E-state index contributed by atoms with van der Waals surface area (Å²) in [6.07, 6.45) is 4.91. The average Bonchev–Trinajstić information content (AvgIpc) is 2.34. The fourth-order valence-electron chi connectivity index (χ4n) is 1.26. The molecule has 4 heteroatoms. The van der Waals surface area contributed by atoms with E-state index in [1.165, 1.54) is 0 Å². The van der Waals surface area contributed by atoms with Gasteiger partial charge in [0.25, 0.3) is 0 Å². The minimum atomic E-state index is 0.630. The van der Waals surface area contributed by atoms with Gasteiger partial charge in [0.2, 0.25) is 0 Å². The highest BCUT2D eigenvalue weighted by Gasteiger charge is 2.03. The van der Waals surface area contributed by atoms with Crippen molar-refractivity contribution in [3.8, 4) is 5.75 Å². The fourth-order valence-corrected chi connectivity index (χ4v) is 2.10. The summed E-state index contributed by atoms with van der Waals surface area (Å²) in [6.45, 7) is 0.658. The molecule has 0 amide bonds. The predicted molar refractivity (Wildman–Crippen MR) is 72.1 cm³/mol. The molecule has 0 aliphatic carbocycles. The summed E-state index contributed by atoms with van der Waals surface area (Å²) >= 11 is 4.99. The number of ether oxygens (including phenoxy) is 1. The fraction of sp³-hybridized carbons (Fsp3) is 0.417. The smallest absolute Gasteiger partial charge is 0.153 e. The summed E-state index contributed by atoms with van der Waals surface area (Å²) < 4.78 is 5.57. The Balaban J connectivity index is 2.61. The zero-order chi connectivity index (χ0) is 11.8. The van der Waals surface area contributed by atoms with Gasteiger partial charge in [0, 0.05) is 10.2 Å². The van der Waals surface area contributed by atoms with Gasteiger partial charge in [-0.15, -0.1) is 11.8 Å². The van der Waals surface area contributed by atoms with E-state index >= 15 is 0 Å². The third-order valence-electron chi connectivity index (χ3n) is 2.13. The van der Waals surface area contributed by atoms with Crippen molar-refractivity contribution in [2.75, 3.05) is 18.2 Å². The van der Waals surface area contributed by atoms with Gasteiger partial charge in [0.05, 0.1) is 12.2 Å². The first-order valence-electron chi connectivity index (χ1n) is 5.13. The molecule has 0 radical (unpaired) electrons. The van der Waals surface area contributed by atoms with Crippen LogP contribution in [-0.2, 0) is 0 Å². The number of aldehydes is 1. The van der Waals surface area contributed by atoms with Gasteiger partial charge in [-0.25, -0.2) is 0 Å². The van der Waals surface area contributed by atoms with Gasteiger partial charge in [-0.3, -0.25) is 4.79 Å². The molecule has 0 aliphatic heterocycles. The van der Waals surface area contributed by atoms with Crippen LogP contribution in [0.3, 0.4) is 0 Å². The van der Waals surface area contributed by atoms with Crippen LogP contribution in [0.2, 0.25) is 0 Å². The Morgan fingerprint density at radius 2 is 2.25 bits per heavy atom. The Labute approximate surface area is 109 Å². The van der Waals surface area contributed by atoms with E-state index in [1.54, 1.807) is 11.8 Å². The van der Waals surface area contributed by atoms with Crippen molar-refractivity contribution in [1.29, 1.82) is 0 Å². The third-order valence-corrected chi connectivity index (χ3v) is 3.42. The maximum Gasteiger partial charge on any atom is 0.153 e. The summed E-state index contributed by atoms with van der Waals surface area (Å²) in [5, 5.41) is 0.988. The number of hydrogen-bond acceptors (Lipinski definition) is 3. The molecule has 1 rings (SSSR count). The molecular formula is C12H15BrO2S. The topological polar surface area (TPSA) is 26.3 Å². The summed E-state index contributed by atoms with van der Waals surface area (Å²) in [5.74, 6) is 0.683. The van der Waals surface area contributed by atoms with Crippen molar-refractivity contribution in [3.05, 3.63) is 23.8 Å². The molecule has 2 nitrogen and oxygen atoms in total.